The predicted molar refractivity (Wildman–Crippen MR) is 76.2 cm³/mol. The zero-order valence-electron chi connectivity index (χ0n) is 11.8. The van der Waals surface area contributed by atoms with Crippen LogP contribution in [0.2, 0.25) is 0 Å². The number of hydrogen-bond donors (Lipinski definition) is 0. The van der Waals surface area contributed by atoms with Crippen molar-refractivity contribution >= 4 is 0 Å². The van der Waals surface area contributed by atoms with Gasteiger partial charge in [0.05, 0.1) is 25.5 Å². The standard InChI is InChI=1S/C15H20N4O/c1-13-7-17-19(9-13)12-15-11-18(5-6-20-15)10-14-3-2-4-16-8-14/h2-4,7-9,15H,5-6,10-12H2,1H3/t15-/m0/s1. The zero-order valence-corrected chi connectivity index (χ0v) is 11.8. The van der Waals surface area contributed by atoms with Crippen LogP contribution < -0.4 is 0 Å². The average molecular weight is 272 g/mol. The van der Waals surface area contributed by atoms with E-state index in [0.717, 1.165) is 32.8 Å². The Morgan fingerprint density at radius 1 is 1.40 bits per heavy atom. The monoisotopic (exact) mass is 272 g/mol. The summed E-state index contributed by atoms with van der Waals surface area (Å²) in [7, 11) is 0. The molecule has 3 heterocycles. The molecule has 3 rings (SSSR count). The maximum Gasteiger partial charge on any atom is 0.0898 e. The van der Waals surface area contributed by atoms with Gasteiger partial charge in [-0.05, 0) is 24.1 Å². The molecule has 0 bridgehead atoms. The Labute approximate surface area is 119 Å². The molecule has 106 valence electrons. The number of ether oxygens (including phenoxy) is 1. The summed E-state index contributed by atoms with van der Waals surface area (Å²) in [5.74, 6) is 0. The quantitative estimate of drug-likeness (QED) is 0.846. The molecule has 0 N–H and O–H groups in total. The second-order valence-electron chi connectivity index (χ2n) is 5.33. The number of pyridine rings is 1. The van der Waals surface area contributed by atoms with E-state index in [4.69, 9.17) is 4.74 Å². The van der Waals surface area contributed by atoms with E-state index in [1.54, 1.807) is 0 Å². The minimum atomic E-state index is 0.208. The molecule has 0 saturated carbocycles. The van der Waals surface area contributed by atoms with Gasteiger partial charge in [0.25, 0.3) is 0 Å². The minimum absolute atomic E-state index is 0.208. The SMILES string of the molecule is Cc1cnn(C[C@@H]2CN(Cc3cccnc3)CCO2)c1. The van der Waals surface area contributed by atoms with Gasteiger partial charge >= 0.3 is 0 Å². The topological polar surface area (TPSA) is 43.2 Å². The molecule has 0 aromatic carbocycles. The molecule has 0 amide bonds. The second kappa shape index (κ2) is 6.15. The van der Waals surface area contributed by atoms with Crippen LogP contribution in [-0.2, 0) is 17.8 Å². The fraction of sp³-hybridized carbons (Fsp3) is 0.467. The van der Waals surface area contributed by atoms with Gasteiger partial charge in [0.15, 0.2) is 0 Å². The number of morpholine rings is 1. The van der Waals surface area contributed by atoms with Gasteiger partial charge in [-0.15, -0.1) is 0 Å². The van der Waals surface area contributed by atoms with Crippen LogP contribution in [0.25, 0.3) is 0 Å². The van der Waals surface area contributed by atoms with Crippen molar-refractivity contribution in [1.82, 2.24) is 19.7 Å². The smallest absolute Gasteiger partial charge is 0.0898 e. The third-order valence-corrected chi connectivity index (χ3v) is 3.50. The van der Waals surface area contributed by atoms with E-state index in [1.807, 2.05) is 29.3 Å². The van der Waals surface area contributed by atoms with Crippen molar-refractivity contribution < 1.29 is 4.74 Å². The molecule has 1 atom stereocenters. The molecule has 2 aromatic heterocycles. The maximum atomic E-state index is 5.84. The van der Waals surface area contributed by atoms with E-state index in [2.05, 4.69) is 34.2 Å². The van der Waals surface area contributed by atoms with Crippen LogP contribution in [0.4, 0.5) is 0 Å². The van der Waals surface area contributed by atoms with Crippen LogP contribution in [0.3, 0.4) is 0 Å². The molecule has 2 aromatic rings. The number of aryl methyl sites for hydroxylation is 1. The number of aromatic nitrogens is 3. The number of hydrogen-bond acceptors (Lipinski definition) is 4. The molecule has 1 saturated heterocycles. The zero-order chi connectivity index (χ0) is 13.8. The lowest BCUT2D eigenvalue weighted by atomic mass is 10.2. The fourth-order valence-electron chi connectivity index (χ4n) is 2.56. The van der Waals surface area contributed by atoms with Crippen LogP contribution in [-0.4, -0.2) is 45.5 Å². The Bertz CT molecular complexity index is 540. The Kier molecular flexibility index (Phi) is 4.08. The number of rotatable bonds is 4. The van der Waals surface area contributed by atoms with Gasteiger partial charge < -0.3 is 4.74 Å². The summed E-state index contributed by atoms with van der Waals surface area (Å²) in [5.41, 5.74) is 2.44. The van der Waals surface area contributed by atoms with Crippen LogP contribution in [0, 0.1) is 6.92 Å². The lowest BCUT2D eigenvalue weighted by molar-refractivity contribution is -0.0402. The van der Waals surface area contributed by atoms with E-state index >= 15 is 0 Å². The highest BCUT2D eigenvalue weighted by molar-refractivity contribution is 5.08. The molecular weight excluding hydrogens is 252 g/mol. The summed E-state index contributed by atoms with van der Waals surface area (Å²) < 4.78 is 7.81. The molecule has 5 nitrogen and oxygen atoms in total. The second-order valence-corrected chi connectivity index (χ2v) is 5.33. The van der Waals surface area contributed by atoms with Crippen LogP contribution in [0.1, 0.15) is 11.1 Å². The molecule has 20 heavy (non-hydrogen) atoms. The Balaban J connectivity index is 1.56. The first kappa shape index (κ1) is 13.3. The van der Waals surface area contributed by atoms with Crippen LogP contribution in [0.5, 0.6) is 0 Å². The largest absolute Gasteiger partial charge is 0.374 e. The number of nitrogens with zero attached hydrogens (tertiary/aromatic N) is 4. The lowest BCUT2D eigenvalue weighted by Gasteiger charge is -2.32. The highest BCUT2D eigenvalue weighted by Crippen LogP contribution is 2.11. The molecule has 0 radical (unpaired) electrons. The fourth-order valence-corrected chi connectivity index (χ4v) is 2.56. The summed E-state index contributed by atoms with van der Waals surface area (Å²) in [4.78, 5) is 6.59. The van der Waals surface area contributed by atoms with Crippen molar-refractivity contribution in [2.24, 2.45) is 0 Å². The first-order chi connectivity index (χ1) is 9.79. The van der Waals surface area contributed by atoms with Gasteiger partial charge in [0.2, 0.25) is 0 Å². The average Bonchev–Trinajstić information content (AvgIpc) is 2.86. The minimum Gasteiger partial charge on any atom is -0.374 e. The van der Waals surface area contributed by atoms with Crippen molar-refractivity contribution in [2.75, 3.05) is 19.7 Å². The third kappa shape index (κ3) is 3.43. The van der Waals surface area contributed by atoms with E-state index in [1.165, 1.54) is 11.1 Å². The van der Waals surface area contributed by atoms with E-state index in [0.29, 0.717) is 0 Å². The van der Waals surface area contributed by atoms with Crippen LogP contribution >= 0.6 is 0 Å². The van der Waals surface area contributed by atoms with E-state index in [-0.39, 0.29) is 6.10 Å². The predicted octanol–water partition coefficient (Wildman–Crippen LogP) is 1.49. The first-order valence-corrected chi connectivity index (χ1v) is 7.01. The Hall–Kier alpha value is -1.72. The van der Waals surface area contributed by atoms with Gasteiger partial charge in [0, 0.05) is 38.2 Å². The van der Waals surface area contributed by atoms with Gasteiger partial charge in [-0.2, -0.15) is 5.10 Å². The summed E-state index contributed by atoms with van der Waals surface area (Å²) >= 11 is 0. The first-order valence-electron chi connectivity index (χ1n) is 7.01. The maximum absolute atomic E-state index is 5.84. The Morgan fingerprint density at radius 3 is 3.10 bits per heavy atom. The van der Waals surface area contributed by atoms with Crippen molar-refractivity contribution in [3.05, 3.63) is 48.0 Å². The van der Waals surface area contributed by atoms with Crippen molar-refractivity contribution in [3.63, 3.8) is 0 Å². The molecule has 0 aliphatic carbocycles. The van der Waals surface area contributed by atoms with Crippen molar-refractivity contribution in [2.45, 2.75) is 26.1 Å². The third-order valence-electron chi connectivity index (χ3n) is 3.50. The summed E-state index contributed by atoms with van der Waals surface area (Å²) in [6.07, 6.45) is 7.90. The summed E-state index contributed by atoms with van der Waals surface area (Å²) in [6.45, 7) is 6.51. The molecule has 0 unspecified atom stereocenters. The van der Waals surface area contributed by atoms with E-state index in [9.17, 15) is 0 Å². The van der Waals surface area contributed by atoms with Crippen molar-refractivity contribution in [3.8, 4) is 0 Å². The highest BCUT2D eigenvalue weighted by Gasteiger charge is 2.21. The van der Waals surface area contributed by atoms with Crippen LogP contribution in [0.15, 0.2) is 36.9 Å². The van der Waals surface area contributed by atoms with Crippen molar-refractivity contribution in [1.29, 1.82) is 0 Å². The molecule has 1 fully saturated rings. The highest BCUT2D eigenvalue weighted by atomic mass is 16.5. The lowest BCUT2D eigenvalue weighted by Crippen LogP contribution is -2.43. The van der Waals surface area contributed by atoms with Gasteiger partial charge in [-0.1, -0.05) is 6.07 Å². The summed E-state index contributed by atoms with van der Waals surface area (Å²) in [5, 5.41) is 4.33. The van der Waals surface area contributed by atoms with Gasteiger partial charge in [-0.3, -0.25) is 14.6 Å². The van der Waals surface area contributed by atoms with E-state index < -0.39 is 0 Å². The van der Waals surface area contributed by atoms with Gasteiger partial charge in [0.1, 0.15) is 0 Å². The van der Waals surface area contributed by atoms with Gasteiger partial charge in [-0.25, -0.2) is 0 Å². The molecule has 1 aliphatic rings. The molecule has 1 aliphatic heterocycles. The molecule has 5 heteroatoms. The normalized spacial score (nSPS) is 20.1. The molecular formula is C15H20N4O. The summed E-state index contributed by atoms with van der Waals surface area (Å²) in [6, 6.07) is 4.11. The Morgan fingerprint density at radius 2 is 2.35 bits per heavy atom. The molecule has 0 spiro atoms.